The molecule has 0 saturated carbocycles. The average Bonchev–Trinajstić information content (AvgIpc) is 2.32. The van der Waals surface area contributed by atoms with E-state index >= 15 is 0 Å². The summed E-state index contributed by atoms with van der Waals surface area (Å²) in [6, 6.07) is 0. The Bertz CT molecular complexity index is 419. The van der Waals surface area contributed by atoms with Crippen molar-refractivity contribution in [2.24, 2.45) is 5.41 Å². The molecular formula is C14H21ClO6. The van der Waals surface area contributed by atoms with Crippen LogP contribution in [-0.4, -0.2) is 37.7 Å². The van der Waals surface area contributed by atoms with Crippen LogP contribution in [0.2, 0.25) is 0 Å². The first-order chi connectivity index (χ1) is 9.48. The van der Waals surface area contributed by atoms with Crippen molar-refractivity contribution in [2.45, 2.75) is 39.2 Å². The standard InChI is InChI=1S/C14H21ClO6/c1-9(15)7-14(11(17)19-5,12(18)20-6)8-10(16)21-13(2,3)4/h1,7-8H2,2-6H3. The number of ether oxygens (including phenoxy) is 3. The van der Waals surface area contributed by atoms with Crippen LogP contribution in [0.1, 0.15) is 33.6 Å². The van der Waals surface area contributed by atoms with Gasteiger partial charge in [-0.15, -0.1) is 0 Å². The second-order valence-electron chi connectivity index (χ2n) is 5.52. The molecule has 0 fully saturated rings. The van der Waals surface area contributed by atoms with Crippen molar-refractivity contribution in [3.05, 3.63) is 11.6 Å². The summed E-state index contributed by atoms with van der Waals surface area (Å²) in [6.07, 6.45) is -0.831. The third-order valence-electron chi connectivity index (χ3n) is 2.51. The molecule has 0 aliphatic carbocycles. The minimum Gasteiger partial charge on any atom is -0.468 e. The van der Waals surface area contributed by atoms with Gasteiger partial charge in [-0.2, -0.15) is 0 Å². The van der Waals surface area contributed by atoms with Gasteiger partial charge in [0, 0.05) is 11.5 Å². The number of carbonyl (C=O) groups is 3. The van der Waals surface area contributed by atoms with Gasteiger partial charge in [-0.05, 0) is 20.8 Å². The lowest BCUT2D eigenvalue weighted by Gasteiger charge is -2.28. The van der Waals surface area contributed by atoms with E-state index in [2.05, 4.69) is 16.1 Å². The Hall–Kier alpha value is -1.56. The fourth-order valence-electron chi connectivity index (χ4n) is 1.78. The Morgan fingerprint density at radius 3 is 1.71 bits per heavy atom. The lowest BCUT2D eigenvalue weighted by molar-refractivity contribution is -0.177. The second-order valence-corrected chi connectivity index (χ2v) is 6.06. The highest BCUT2D eigenvalue weighted by molar-refractivity contribution is 6.29. The summed E-state index contributed by atoms with van der Waals surface area (Å²) < 4.78 is 14.4. The first-order valence-corrected chi connectivity index (χ1v) is 6.58. The van der Waals surface area contributed by atoms with Crippen molar-refractivity contribution < 1.29 is 28.6 Å². The van der Waals surface area contributed by atoms with Gasteiger partial charge in [0.2, 0.25) is 0 Å². The van der Waals surface area contributed by atoms with E-state index in [-0.39, 0.29) is 11.5 Å². The molecule has 7 heteroatoms. The molecule has 0 aromatic rings. The maximum Gasteiger partial charge on any atom is 0.324 e. The minimum absolute atomic E-state index is 0.0226. The normalized spacial score (nSPS) is 11.5. The first kappa shape index (κ1) is 19.4. The van der Waals surface area contributed by atoms with Gasteiger partial charge in [-0.3, -0.25) is 14.4 Å². The number of halogens is 1. The van der Waals surface area contributed by atoms with Crippen LogP contribution in [0.3, 0.4) is 0 Å². The lowest BCUT2D eigenvalue weighted by Crippen LogP contribution is -2.44. The van der Waals surface area contributed by atoms with Gasteiger partial charge in [0.15, 0.2) is 5.41 Å². The molecule has 0 rings (SSSR count). The molecule has 0 saturated heterocycles. The number of hydrogen-bond donors (Lipinski definition) is 0. The number of esters is 3. The quantitative estimate of drug-likeness (QED) is 0.424. The summed E-state index contributed by atoms with van der Waals surface area (Å²) in [7, 11) is 2.21. The molecule has 0 aliphatic rings. The first-order valence-electron chi connectivity index (χ1n) is 6.20. The van der Waals surface area contributed by atoms with Gasteiger partial charge < -0.3 is 14.2 Å². The van der Waals surface area contributed by atoms with E-state index in [0.29, 0.717) is 0 Å². The van der Waals surface area contributed by atoms with Crippen molar-refractivity contribution >= 4 is 29.5 Å². The smallest absolute Gasteiger partial charge is 0.324 e. The van der Waals surface area contributed by atoms with Crippen LogP contribution in [0.5, 0.6) is 0 Å². The zero-order valence-corrected chi connectivity index (χ0v) is 13.7. The maximum atomic E-state index is 12.0. The summed E-state index contributed by atoms with van der Waals surface area (Å²) in [5.41, 5.74) is -2.66. The molecule has 0 aliphatic heterocycles. The molecule has 0 heterocycles. The van der Waals surface area contributed by atoms with Gasteiger partial charge in [0.25, 0.3) is 0 Å². The van der Waals surface area contributed by atoms with Crippen molar-refractivity contribution in [2.75, 3.05) is 14.2 Å². The number of rotatable bonds is 6. The SMILES string of the molecule is C=C(Cl)CC(CC(=O)OC(C)(C)C)(C(=O)OC)C(=O)OC. The van der Waals surface area contributed by atoms with Crippen molar-refractivity contribution in [3.63, 3.8) is 0 Å². The van der Waals surface area contributed by atoms with Crippen LogP contribution < -0.4 is 0 Å². The molecular weight excluding hydrogens is 300 g/mol. The summed E-state index contributed by atoms with van der Waals surface area (Å²) in [5, 5.41) is 0.0226. The summed E-state index contributed by atoms with van der Waals surface area (Å²) in [6.45, 7) is 8.46. The molecule has 0 radical (unpaired) electrons. The third-order valence-corrected chi connectivity index (χ3v) is 2.65. The van der Waals surface area contributed by atoms with E-state index in [0.717, 1.165) is 14.2 Å². The van der Waals surface area contributed by atoms with E-state index in [4.69, 9.17) is 16.3 Å². The highest BCUT2D eigenvalue weighted by atomic mass is 35.5. The molecule has 120 valence electrons. The minimum atomic E-state index is -1.90. The van der Waals surface area contributed by atoms with Gasteiger partial charge in [-0.25, -0.2) is 0 Å². The van der Waals surface area contributed by atoms with E-state index in [1.54, 1.807) is 20.8 Å². The van der Waals surface area contributed by atoms with E-state index in [1.807, 2.05) is 0 Å². The van der Waals surface area contributed by atoms with E-state index in [1.165, 1.54) is 0 Å². The fraction of sp³-hybridized carbons (Fsp3) is 0.643. The highest BCUT2D eigenvalue weighted by Gasteiger charge is 2.51. The molecule has 0 amide bonds. The Morgan fingerprint density at radius 1 is 1.00 bits per heavy atom. The Kier molecular flexibility index (Phi) is 6.90. The second kappa shape index (κ2) is 7.45. The third kappa shape index (κ3) is 5.75. The molecule has 0 N–H and O–H groups in total. The molecule has 0 aromatic carbocycles. The zero-order chi connectivity index (χ0) is 16.8. The van der Waals surface area contributed by atoms with E-state index in [9.17, 15) is 14.4 Å². The lowest BCUT2D eigenvalue weighted by atomic mass is 9.81. The van der Waals surface area contributed by atoms with Crippen LogP contribution in [-0.2, 0) is 28.6 Å². The topological polar surface area (TPSA) is 78.9 Å². The number of carbonyl (C=O) groups excluding carboxylic acids is 3. The van der Waals surface area contributed by atoms with Crippen molar-refractivity contribution in [3.8, 4) is 0 Å². The monoisotopic (exact) mass is 320 g/mol. The molecule has 6 nitrogen and oxygen atoms in total. The summed E-state index contributed by atoms with van der Waals surface area (Å²) in [5.74, 6) is -2.60. The fourth-order valence-corrected chi connectivity index (χ4v) is 2.00. The van der Waals surface area contributed by atoms with E-state index < -0.39 is 35.3 Å². The van der Waals surface area contributed by atoms with Crippen LogP contribution >= 0.6 is 11.6 Å². The largest absolute Gasteiger partial charge is 0.468 e. The van der Waals surface area contributed by atoms with Crippen LogP contribution in [0.4, 0.5) is 0 Å². The van der Waals surface area contributed by atoms with Gasteiger partial charge in [0.05, 0.1) is 20.6 Å². The van der Waals surface area contributed by atoms with Crippen LogP contribution in [0.25, 0.3) is 0 Å². The molecule has 0 spiro atoms. The molecule has 0 bridgehead atoms. The molecule has 0 aromatic heterocycles. The summed E-state index contributed by atoms with van der Waals surface area (Å²) in [4.78, 5) is 36.1. The van der Waals surface area contributed by atoms with Crippen LogP contribution in [0, 0.1) is 5.41 Å². The van der Waals surface area contributed by atoms with Crippen LogP contribution in [0.15, 0.2) is 11.6 Å². The van der Waals surface area contributed by atoms with Crippen molar-refractivity contribution in [1.29, 1.82) is 0 Å². The van der Waals surface area contributed by atoms with Crippen molar-refractivity contribution in [1.82, 2.24) is 0 Å². The van der Waals surface area contributed by atoms with Gasteiger partial charge in [-0.1, -0.05) is 18.2 Å². The predicted octanol–water partition coefficient (Wildman–Crippen LogP) is 2.19. The molecule has 0 unspecified atom stereocenters. The zero-order valence-electron chi connectivity index (χ0n) is 12.9. The Balaban J connectivity index is 5.56. The van der Waals surface area contributed by atoms with Gasteiger partial charge >= 0.3 is 17.9 Å². The predicted molar refractivity (Wildman–Crippen MR) is 76.5 cm³/mol. The number of hydrogen-bond acceptors (Lipinski definition) is 6. The summed E-state index contributed by atoms with van der Waals surface area (Å²) >= 11 is 5.72. The molecule has 21 heavy (non-hydrogen) atoms. The number of methoxy groups -OCH3 is 2. The number of allylic oxidation sites excluding steroid dienone is 1. The maximum absolute atomic E-state index is 12.0. The highest BCUT2D eigenvalue weighted by Crippen LogP contribution is 2.35. The van der Waals surface area contributed by atoms with Gasteiger partial charge in [0.1, 0.15) is 5.60 Å². The Labute approximate surface area is 129 Å². The average molecular weight is 321 g/mol. The molecule has 0 atom stereocenters. The Morgan fingerprint density at radius 2 is 1.43 bits per heavy atom.